The summed E-state index contributed by atoms with van der Waals surface area (Å²) < 4.78 is 5.16. The molecule has 0 unspecified atom stereocenters. The summed E-state index contributed by atoms with van der Waals surface area (Å²) in [6.07, 6.45) is 0.265. The second-order valence-corrected chi connectivity index (χ2v) is 7.56. The van der Waals surface area contributed by atoms with Gasteiger partial charge >= 0.3 is 0 Å². The van der Waals surface area contributed by atoms with Gasteiger partial charge in [-0.25, -0.2) is 0 Å². The average molecular weight is 396 g/mol. The Bertz CT molecular complexity index is 891. The number of rotatable bonds is 5. The highest BCUT2D eigenvalue weighted by molar-refractivity contribution is 6.04. The van der Waals surface area contributed by atoms with Crippen molar-refractivity contribution in [3.8, 4) is 11.5 Å². The predicted molar refractivity (Wildman–Crippen MR) is 108 cm³/mol. The molecule has 0 spiro atoms. The van der Waals surface area contributed by atoms with E-state index in [2.05, 4.69) is 4.90 Å². The second-order valence-electron chi connectivity index (χ2n) is 7.56. The van der Waals surface area contributed by atoms with Crippen molar-refractivity contribution in [3.63, 3.8) is 0 Å². The van der Waals surface area contributed by atoms with Crippen LogP contribution in [-0.4, -0.2) is 61.2 Å². The van der Waals surface area contributed by atoms with Crippen LogP contribution in [0.3, 0.4) is 0 Å². The molecule has 29 heavy (non-hydrogen) atoms. The average Bonchev–Trinajstić information content (AvgIpc) is 3.03. The van der Waals surface area contributed by atoms with E-state index >= 15 is 0 Å². The van der Waals surface area contributed by atoms with Crippen LogP contribution in [0.4, 0.5) is 5.69 Å². The third-order valence-corrected chi connectivity index (χ3v) is 5.86. The van der Waals surface area contributed by atoms with Gasteiger partial charge < -0.3 is 19.6 Å². The summed E-state index contributed by atoms with van der Waals surface area (Å²) >= 11 is 0. The molecule has 2 aromatic carbocycles. The van der Waals surface area contributed by atoms with Crippen LogP contribution in [0.5, 0.6) is 11.5 Å². The zero-order valence-electron chi connectivity index (χ0n) is 16.5. The van der Waals surface area contributed by atoms with Crippen molar-refractivity contribution in [3.05, 3.63) is 54.1 Å². The summed E-state index contributed by atoms with van der Waals surface area (Å²) in [6.45, 7) is 3.30. The van der Waals surface area contributed by atoms with Gasteiger partial charge in [-0.15, -0.1) is 0 Å². The Hall–Kier alpha value is -3.06. The van der Waals surface area contributed by atoms with Crippen molar-refractivity contribution in [1.82, 2.24) is 4.90 Å². The first-order valence-electron chi connectivity index (χ1n) is 9.91. The van der Waals surface area contributed by atoms with E-state index in [-0.39, 0.29) is 30.0 Å². The third kappa shape index (κ3) is 3.91. The van der Waals surface area contributed by atoms with E-state index in [4.69, 9.17) is 4.74 Å². The predicted octanol–water partition coefficient (Wildman–Crippen LogP) is 0.433. The van der Waals surface area contributed by atoms with Gasteiger partial charge in [0, 0.05) is 0 Å². The molecule has 1 atom stereocenters. The van der Waals surface area contributed by atoms with Crippen molar-refractivity contribution in [2.45, 2.75) is 19.0 Å². The fourth-order valence-corrected chi connectivity index (χ4v) is 4.20. The molecule has 7 nitrogen and oxygen atoms in total. The number of anilines is 1. The lowest BCUT2D eigenvalue weighted by molar-refractivity contribution is -0.915. The number of carbonyl (C=O) groups is 2. The molecule has 0 saturated carbocycles. The highest BCUT2D eigenvalue weighted by Crippen LogP contribution is 2.26. The Balaban J connectivity index is 1.38. The number of aromatic hydroxyl groups is 1. The van der Waals surface area contributed by atoms with Gasteiger partial charge in [0.05, 0.1) is 51.9 Å². The van der Waals surface area contributed by atoms with E-state index in [1.807, 2.05) is 36.4 Å². The molecule has 0 aliphatic carbocycles. The Kier molecular flexibility index (Phi) is 5.40. The number of ether oxygens (including phenoxy) is 1. The van der Waals surface area contributed by atoms with Crippen LogP contribution in [0, 0.1) is 0 Å². The summed E-state index contributed by atoms with van der Waals surface area (Å²) in [5.41, 5.74) is 1.73. The van der Waals surface area contributed by atoms with E-state index in [9.17, 15) is 14.7 Å². The smallest absolute Gasteiger partial charge is 0.288 e. The lowest BCUT2D eigenvalue weighted by atomic mass is 10.1. The van der Waals surface area contributed by atoms with Gasteiger partial charge in [0.1, 0.15) is 11.5 Å². The normalized spacial score (nSPS) is 20.4. The van der Waals surface area contributed by atoms with E-state index in [1.54, 1.807) is 19.2 Å². The number of nitrogens with zero attached hydrogens (tertiary/aromatic N) is 2. The van der Waals surface area contributed by atoms with E-state index in [1.165, 1.54) is 4.90 Å². The number of phenolic OH excluding ortho intramolecular Hbond substituents is 1. The molecule has 4 rings (SSSR count). The number of phenols is 1. The minimum absolute atomic E-state index is 0.0863. The number of quaternary nitrogens is 1. The molecule has 7 heteroatoms. The molecule has 2 fully saturated rings. The highest BCUT2D eigenvalue weighted by atomic mass is 16.5. The summed E-state index contributed by atoms with van der Waals surface area (Å²) in [5, 5.41) is 10.1. The summed E-state index contributed by atoms with van der Waals surface area (Å²) in [7, 11) is 1.61. The molecular weight excluding hydrogens is 370 g/mol. The number of hydrogen-bond donors (Lipinski definition) is 2. The van der Waals surface area contributed by atoms with Crippen LogP contribution in [0.1, 0.15) is 12.0 Å². The number of likely N-dealkylation sites (tertiary alicyclic amines) is 1. The van der Waals surface area contributed by atoms with Gasteiger partial charge in [0.2, 0.25) is 5.91 Å². The summed E-state index contributed by atoms with van der Waals surface area (Å²) in [5.74, 6) is 0.828. The Morgan fingerprint density at radius 3 is 2.41 bits per heavy atom. The molecule has 152 valence electrons. The molecule has 2 aliphatic rings. The SMILES string of the molecule is COc1ccc(CN2C(=O)C[C@@H]([NH+]3CCN(c4ccccc4O)CC3)C2=O)cc1. The number of piperazine rings is 1. The van der Waals surface area contributed by atoms with E-state index in [0.29, 0.717) is 6.54 Å². The number of hydrogen-bond acceptors (Lipinski definition) is 5. The number of para-hydroxylation sites is 2. The lowest BCUT2D eigenvalue weighted by Gasteiger charge is -2.35. The van der Waals surface area contributed by atoms with Crippen molar-refractivity contribution < 1.29 is 24.3 Å². The van der Waals surface area contributed by atoms with Gasteiger partial charge in [-0.05, 0) is 29.8 Å². The van der Waals surface area contributed by atoms with Crippen LogP contribution >= 0.6 is 0 Å². The number of nitrogens with one attached hydrogen (secondary N) is 1. The molecular formula is C22H26N3O4+. The molecule has 0 aromatic heterocycles. The zero-order chi connectivity index (χ0) is 20.4. The quantitative estimate of drug-likeness (QED) is 0.718. The maximum atomic E-state index is 13.0. The standard InChI is InChI=1S/C22H25N3O4/c1-29-17-8-6-16(7-9-17)15-25-21(27)14-19(22(25)28)24-12-10-23(11-13-24)18-4-2-3-5-20(18)26/h2-9,19,26H,10-15H2,1H3/p+1/t19-/m1/s1. The first-order chi connectivity index (χ1) is 14.1. The molecule has 2 aliphatic heterocycles. The monoisotopic (exact) mass is 396 g/mol. The largest absolute Gasteiger partial charge is 0.506 e. The highest BCUT2D eigenvalue weighted by Gasteiger charge is 2.45. The molecule has 2 N–H and O–H groups in total. The van der Waals surface area contributed by atoms with Crippen molar-refractivity contribution >= 4 is 17.5 Å². The minimum atomic E-state index is -0.313. The molecule has 2 aromatic rings. The van der Waals surface area contributed by atoms with Crippen LogP contribution in [0.15, 0.2) is 48.5 Å². The second kappa shape index (κ2) is 8.13. The maximum absolute atomic E-state index is 13.0. The van der Waals surface area contributed by atoms with E-state index < -0.39 is 0 Å². The minimum Gasteiger partial charge on any atom is -0.506 e. The van der Waals surface area contributed by atoms with Crippen LogP contribution in [0.25, 0.3) is 0 Å². The fraction of sp³-hybridized carbons (Fsp3) is 0.364. The zero-order valence-corrected chi connectivity index (χ0v) is 16.5. The third-order valence-electron chi connectivity index (χ3n) is 5.86. The van der Waals surface area contributed by atoms with Gasteiger partial charge in [0.15, 0.2) is 6.04 Å². The molecule has 0 radical (unpaired) electrons. The number of methoxy groups -OCH3 is 1. The number of amides is 2. The molecule has 2 amide bonds. The van der Waals surface area contributed by atoms with Crippen molar-refractivity contribution in [2.24, 2.45) is 0 Å². The molecule has 2 saturated heterocycles. The van der Waals surface area contributed by atoms with Gasteiger partial charge in [-0.1, -0.05) is 24.3 Å². The first-order valence-corrected chi connectivity index (χ1v) is 9.91. The summed E-state index contributed by atoms with van der Waals surface area (Å²) in [6, 6.07) is 14.4. The van der Waals surface area contributed by atoms with Crippen LogP contribution in [0.2, 0.25) is 0 Å². The van der Waals surface area contributed by atoms with Gasteiger partial charge in [-0.2, -0.15) is 0 Å². The Morgan fingerprint density at radius 1 is 1.07 bits per heavy atom. The fourth-order valence-electron chi connectivity index (χ4n) is 4.20. The van der Waals surface area contributed by atoms with Gasteiger partial charge in [-0.3, -0.25) is 14.5 Å². The summed E-state index contributed by atoms with van der Waals surface area (Å²) in [4.78, 5) is 30.1. The Labute approximate surface area is 170 Å². The molecule has 2 heterocycles. The topological polar surface area (TPSA) is 74.5 Å². The number of imide groups is 1. The van der Waals surface area contributed by atoms with Gasteiger partial charge in [0.25, 0.3) is 5.91 Å². The van der Waals surface area contributed by atoms with E-state index in [0.717, 1.165) is 48.1 Å². The van der Waals surface area contributed by atoms with Crippen LogP contribution < -0.4 is 14.5 Å². The van der Waals surface area contributed by atoms with Crippen molar-refractivity contribution in [1.29, 1.82) is 0 Å². The lowest BCUT2D eigenvalue weighted by Crippen LogP contribution is -3.19. The van der Waals surface area contributed by atoms with Crippen LogP contribution in [-0.2, 0) is 16.1 Å². The van der Waals surface area contributed by atoms with Crippen molar-refractivity contribution in [2.75, 3.05) is 38.2 Å². The Morgan fingerprint density at radius 2 is 1.76 bits per heavy atom. The maximum Gasteiger partial charge on any atom is 0.288 e. The first kappa shape index (κ1) is 19.3. The number of carbonyl (C=O) groups excluding carboxylic acids is 2. The number of benzene rings is 2. The molecule has 0 bridgehead atoms.